The van der Waals surface area contributed by atoms with E-state index < -0.39 is 0 Å². The first-order valence-electron chi connectivity index (χ1n) is 6.39. The van der Waals surface area contributed by atoms with Gasteiger partial charge in [-0.1, -0.05) is 13.8 Å². The van der Waals surface area contributed by atoms with Gasteiger partial charge in [-0.25, -0.2) is 4.98 Å². The summed E-state index contributed by atoms with van der Waals surface area (Å²) in [6.07, 6.45) is 2.86. The van der Waals surface area contributed by atoms with Crippen LogP contribution in [0.3, 0.4) is 0 Å². The van der Waals surface area contributed by atoms with Gasteiger partial charge in [0.25, 0.3) is 0 Å². The normalized spacial score (nSPS) is 13.1. The highest BCUT2D eigenvalue weighted by Crippen LogP contribution is 2.16. The predicted octanol–water partition coefficient (Wildman–Crippen LogP) is 1.76. The summed E-state index contributed by atoms with van der Waals surface area (Å²) in [5.41, 5.74) is 6.66. The zero-order valence-electron chi connectivity index (χ0n) is 12.1. The van der Waals surface area contributed by atoms with Gasteiger partial charge in [-0.3, -0.25) is 0 Å². The van der Waals surface area contributed by atoms with E-state index in [-0.39, 0.29) is 0 Å². The Kier molecular flexibility index (Phi) is 5.34. The average molecular weight is 251 g/mol. The third kappa shape index (κ3) is 4.87. The topological polar surface area (TPSA) is 67.1 Å². The standard InChI is InChI=1S/C13H25N5/c1-9(2)6-11(8-18(4)5)16-12-10(3)7-15-13(14)17-12/h7,9,11H,6,8H2,1-5H3,(H3,14,15,16,17). The average Bonchev–Trinajstić information content (AvgIpc) is 2.21. The number of anilines is 2. The minimum Gasteiger partial charge on any atom is -0.368 e. The lowest BCUT2D eigenvalue weighted by Crippen LogP contribution is -2.34. The maximum atomic E-state index is 5.63. The largest absolute Gasteiger partial charge is 0.368 e. The second-order valence-electron chi connectivity index (χ2n) is 5.49. The van der Waals surface area contributed by atoms with Crippen molar-refractivity contribution < 1.29 is 0 Å². The lowest BCUT2D eigenvalue weighted by Gasteiger charge is -2.25. The highest BCUT2D eigenvalue weighted by Gasteiger charge is 2.14. The Morgan fingerprint density at radius 1 is 1.39 bits per heavy atom. The number of hydrogen-bond acceptors (Lipinski definition) is 5. The van der Waals surface area contributed by atoms with E-state index in [1.807, 2.05) is 6.92 Å². The molecule has 1 atom stereocenters. The molecule has 1 aromatic heterocycles. The van der Waals surface area contributed by atoms with Crippen molar-refractivity contribution in [2.75, 3.05) is 31.7 Å². The number of aryl methyl sites for hydroxylation is 1. The monoisotopic (exact) mass is 251 g/mol. The SMILES string of the molecule is Cc1cnc(N)nc1NC(CC(C)C)CN(C)C. The molecule has 5 nitrogen and oxygen atoms in total. The summed E-state index contributed by atoms with van der Waals surface area (Å²) in [7, 11) is 4.16. The molecule has 0 aliphatic heterocycles. The molecule has 0 spiro atoms. The summed E-state index contributed by atoms with van der Waals surface area (Å²) in [6.45, 7) is 7.42. The predicted molar refractivity (Wildman–Crippen MR) is 76.6 cm³/mol. The molecule has 0 radical (unpaired) electrons. The van der Waals surface area contributed by atoms with Crippen molar-refractivity contribution in [1.29, 1.82) is 0 Å². The van der Waals surface area contributed by atoms with Crippen molar-refractivity contribution in [2.24, 2.45) is 5.92 Å². The van der Waals surface area contributed by atoms with Crippen LogP contribution in [0.5, 0.6) is 0 Å². The van der Waals surface area contributed by atoms with E-state index in [0.29, 0.717) is 17.9 Å². The first-order valence-corrected chi connectivity index (χ1v) is 6.39. The Morgan fingerprint density at radius 3 is 2.61 bits per heavy atom. The van der Waals surface area contributed by atoms with E-state index in [4.69, 9.17) is 5.73 Å². The van der Waals surface area contributed by atoms with Crippen LogP contribution in [0.25, 0.3) is 0 Å². The number of nitrogen functional groups attached to an aromatic ring is 1. The first kappa shape index (κ1) is 14.7. The number of likely N-dealkylation sites (N-methyl/N-ethyl adjacent to an activating group) is 1. The number of aromatic nitrogens is 2. The quantitative estimate of drug-likeness (QED) is 0.806. The lowest BCUT2D eigenvalue weighted by atomic mass is 10.0. The molecule has 1 unspecified atom stereocenters. The van der Waals surface area contributed by atoms with Gasteiger partial charge in [0, 0.05) is 24.3 Å². The first-order chi connectivity index (χ1) is 8.38. The van der Waals surface area contributed by atoms with Crippen LogP contribution in [-0.2, 0) is 0 Å². The van der Waals surface area contributed by atoms with Crippen molar-refractivity contribution in [1.82, 2.24) is 14.9 Å². The van der Waals surface area contributed by atoms with Gasteiger partial charge in [-0.15, -0.1) is 0 Å². The van der Waals surface area contributed by atoms with Crippen molar-refractivity contribution >= 4 is 11.8 Å². The van der Waals surface area contributed by atoms with Crippen molar-refractivity contribution in [3.8, 4) is 0 Å². The molecule has 1 rings (SSSR count). The summed E-state index contributed by atoms with van der Waals surface area (Å²) in [5.74, 6) is 1.80. The third-order valence-electron chi connectivity index (χ3n) is 2.67. The van der Waals surface area contributed by atoms with Gasteiger partial charge in [-0.2, -0.15) is 4.98 Å². The van der Waals surface area contributed by atoms with E-state index in [0.717, 1.165) is 24.3 Å². The van der Waals surface area contributed by atoms with Gasteiger partial charge < -0.3 is 16.0 Å². The Labute approximate surface area is 110 Å². The van der Waals surface area contributed by atoms with Crippen LogP contribution in [0.15, 0.2) is 6.20 Å². The van der Waals surface area contributed by atoms with Gasteiger partial charge >= 0.3 is 0 Å². The van der Waals surface area contributed by atoms with Crippen molar-refractivity contribution in [3.05, 3.63) is 11.8 Å². The molecular weight excluding hydrogens is 226 g/mol. The molecule has 18 heavy (non-hydrogen) atoms. The molecule has 0 aliphatic carbocycles. The molecule has 1 aromatic rings. The molecule has 0 saturated heterocycles. The molecule has 102 valence electrons. The molecule has 0 fully saturated rings. The molecule has 0 aliphatic rings. The van der Waals surface area contributed by atoms with Crippen molar-refractivity contribution in [3.63, 3.8) is 0 Å². The molecule has 0 amide bonds. The van der Waals surface area contributed by atoms with E-state index in [1.54, 1.807) is 6.20 Å². The maximum absolute atomic E-state index is 5.63. The molecule has 3 N–H and O–H groups in total. The fourth-order valence-corrected chi connectivity index (χ4v) is 1.98. The number of rotatable bonds is 6. The van der Waals surface area contributed by atoms with Gasteiger partial charge in [0.05, 0.1) is 0 Å². The van der Waals surface area contributed by atoms with Gasteiger partial charge in [0.15, 0.2) is 0 Å². The van der Waals surface area contributed by atoms with Crippen LogP contribution in [0.4, 0.5) is 11.8 Å². The number of nitrogens with two attached hydrogens (primary N) is 1. The minimum atomic E-state index is 0.316. The smallest absolute Gasteiger partial charge is 0.221 e. The molecule has 1 heterocycles. The molecule has 0 bridgehead atoms. The Morgan fingerprint density at radius 2 is 2.06 bits per heavy atom. The highest BCUT2D eigenvalue weighted by atomic mass is 15.1. The number of nitrogens with zero attached hydrogens (tertiary/aromatic N) is 3. The van der Waals surface area contributed by atoms with Crippen LogP contribution < -0.4 is 11.1 Å². The van der Waals surface area contributed by atoms with Crippen LogP contribution in [0, 0.1) is 12.8 Å². The summed E-state index contributed by atoms with van der Waals surface area (Å²) in [6, 6.07) is 0.369. The Balaban J connectivity index is 2.77. The van der Waals surface area contributed by atoms with Crippen LogP contribution in [0.1, 0.15) is 25.8 Å². The Hall–Kier alpha value is -1.36. The van der Waals surface area contributed by atoms with Crippen LogP contribution >= 0.6 is 0 Å². The van der Waals surface area contributed by atoms with E-state index in [2.05, 4.69) is 48.1 Å². The van der Waals surface area contributed by atoms with E-state index in [1.165, 1.54) is 0 Å². The van der Waals surface area contributed by atoms with Gasteiger partial charge in [-0.05, 0) is 33.4 Å². The second kappa shape index (κ2) is 6.54. The fourth-order valence-electron chi connectivity index (χ4n) is 1.98. The zero-order chi connectivity index (χ0) is 13.7. The second-order valence-corrected chi connectivity index (χ2v) is 5.49. The molecular formula is C13H25N5. The van der Waals surface area contributed by atoms with Crippen LogP contribution in [0.2, 0.25) is 0 Å². The molecule has 0 saturated carbocycles. The summed E-state index contributed by atoms with van der Waals surface area (Å²) in [4.78, 5) is 10.4. The lowest BCUT2D eigenvalue weighted by molar-refractivity contribution is 0.356. The van der Waals surface area contributed by atoms with Gasteiger partial charge in [0.2, 0.25) is 5.95 Å². The van der Waals surface area contributed by atoms with Gasteiger partial charge in [0.1, 0.15) is 5.82 Å². The van der Waals surface area contributed by atoms with E-state index >= 15 is 0 Å². The van der Waals surface area contributed by atoms with E-state index in [9.17, 15) is 0 Å². The van der Waals surface area contributed by atoms with Crippen molar-refractivity contribution in [2.45, 2.75) is 33.2 Å². The minimum absolute atomic E-state index is 0.316. The maximum Gasteiger partial charge on any atom is 0.221 e. The summed E-state index contributed by atoms with van der Waals surface area (Å²) < 4.78 is 0. The number of hydrogen-bond donors (Lipinski definition) is 2. The highest BCUT2D eigenvalue weighted by molar-refractivity contribution is 5.45. The number of nitrogens with one attached hydrogen (secondary N) is 1. The third-order valence-corrected chi connectivity index (χ3v) is 2.67. The Bertz CT molecular complexity index is 366. The van der Waals surface area contributed by atoms with Crippen LogP contribution in [-0.4, -0.2) is 41.5 Å². The molecule has 5 heteroatoms. The summed E-state index contributed by atoms with van der Waals surface area (Å²) >= 11 is 0. The summed E-state index contributed by atoms with van der Waals surface area (Å²) in [5, 5.41) is 3.48. The molecule has 0 aromatic carbocycles. The fraction of sp³-hybridized carbons (Fsp3) is 0.692. The zero-order valence-corrected chi connectivity index (χ0v) is 12.1.